The van der Waals surface area contributed by atoms with Crippen LogP contribution in [0.4, 0.5) is 0 Å². The first-order valence-corrected chi connectivity index (χ1v) is 9.98. The molecule has 0 atom stereocenters. The molecule has 4 N–H and O–H groups in total. The van der Waals surface area contributed by atoms with Crippen molar-refractivity contribution in [1.82, 2.24) is 20.2 Å². The van der Waals surface area contributed by atoms with Gasteiger partial charge >= 0.3 is 0 Å². The Labute approximate surface area is 171 Å². The minimum atomic E-state index is 0.743. The molecular formula is C24H27N5. The molecule has 1 aliphatic rings. The second-order valence-corrected chi connectivity index (χ2v) is 7.53. The van der Waals surface area contributed by atoms with E-state index in [0.29, 0.717) is 0 Å². The zero-order chi connectivity index (χ0) is 20.2. The molecule has 3 aromatic rings. The molecule has 1 aromatic carbocycles. The number of aromatic amines is 1. The monoisotopic (exact) mass is 385 g/mol. The summed E-state index contributed by atoms with van der Waals surface area (Å²) in [5, 5.41) is 4.44. The van der Waals surface area contributed by atoms with E-state index in [1.54, 1.807) is 0 Å². The summed E-state index contributed by atoms with van der Waals surface area (Å²) in [5.41, 5.74) is 15.9. The van der Waals surface area contributed by atoms with Gasteiger partial charge in [0.05, 0.1) is 5.69 Å². The fraction of sp³-hybridized carbons (Fsp3) is 0.250. The van der Waals surface area contributed by atoms with Crippen LogP contribution in [0.2, 0.25) is 0 Å². The van der Waals surface area contributed by atoms with Gasteiger partial charge < -0.3 is 16.0 Å². The highest BCUT2D eigenvalue weighted by molar-refractivity contribution is 5.93. The lowest BCUT2D eigenvalue weighted by molar-refractivity contribution is 0.233. The average molecular weight is 386 g/mol. The number of nitrogens with zero attached hydrogens (tertiary/aromatic N) is 2. The van der Waals surface area contributed by atoms with Crippen molar-refractivity contribution in [3.63, 3.8) is 0 Å². The van der Waals surface area contributed by atoms with Gasteiger partial charge in [0.2, 0.25) is 0 Å². The van der Waals surface area contributed by atoms with Crippen LogP contribution >= 0.6 is 0 Å². The lowest BCUT2D eigenvalue weighted by atomic mass is 10.0. The molecule has 0 aliphatic carbocycles. The predicted octanol–water partition coefficient (Wildman–Crippen LogP) is 3.75. The molecule has 2 aromatic heterocycles. The lowest BCUT2D eigenvalue weighted by Gasteiger charge is -2.27. The summed E-state index contributed by atoms with van der Waals surface area (Å²) >= 11 is 0. The zero-order valence-electron chi connectivity index (χ0n) is 16.8. The van der Waals surface area contributed by atoms with Gasteiger partial charge in [0.15, 0.2) is 0 Å². The van der Waals surface area contributed by atoms with Gasteiger partial charge in [-0.25, -0.2) is 4.98 Å². The summed E-state index contributed by atoms with van der Waals surface area (Å²) < 4.78 is 0. The molecule has 5 nitrogen and oxygen atoms in total. The fourth-order valence-electron chi connectivity index (χ4n) is 3.80. The summed E-state index contributed by atoms with van der Waals surface area (Å²) in [6, 6.07) is 11.0. The topological polar surface area (TPSA) is 70.0 Å². The van der Waals surface area contributed by atoms with Crippen molar-refractivity contribution in [1.29, 1.82) is 0 Å². The van der Waals surface area contributed by atoms with Crippen molar-refractivity contribution in [2.75, 3.05) is 26.2 Å². The van der Waals surface area contributed by atoms with E-state index in [4.69, 9.17) is 5.73 Å². The van der Waals surface area contributed by atoms with E-state index in [0.717, 1.165) is 71.8 Å². The molecule has 5 heteroatoms. The lowest BCUT2D eigenvalue weighted by Crippen LogP contribution is -2.42. The van der Waals surface area contributed by atoms with Gasteiger partial charge in [-0.2, -0.15) is 0 Å². The number of hydrogen-bond acceptors (Lipinski definition) is 4. The number of H-pyrrole nitrogens is 1. The van der Waals surface area contributed by atoms with Crippen molar-refractivity contribution < 1.29 is 0 Å². The molecular weight excluding hydrogens is 358 g/mol. The largest absolute Gasteiger partial charge is 0.402 e. The maximum atomic E-state index is 5.95. The quantitative estimate of drug-likeness (QED) is 0.585. The van der Waals surface area contributed by atoms with E-state index in [9.17, 15) is 0 Å². The van der Waals surface area contributed by atoms with E-state index < -0.39 is 0 Å². The van der Waals surface area contributed by atoms with Crippen LogP contribution in [0.25, 0.3) is 34.3 Å². The Hall–Kier alpha value is -3.11. The molecule has 4 rings (SSSR count). The Bertz CT molecular complexity index is 1070. The van der Waals surface area contributed by atoms with E-state index >= 15 is 0 Å². The predicted molar refractivity (Wildman–Crippen MR) is 121 cm³/mol. The summed E-state index contributed by atoms with van der Waals surface area (Å²) in [4.78, 5) is 10.4. The number of fused-ring (bicyclic) bond motifs is 1. The number of nitrogens with two attached hydrogens (primary N) is 1. The molecule has 0 unspecified atom stereocenters. The average Bonchev–Trinajstić information content (AvgIpc) is 3.06. The normalized spacial score (nSPS) is 15.4. The molecule has 148 valence electrons. The van der Waals surface area contributed by atoms with Crippen LogP contribution in [0.15, 0.2) is 54.5 Å². The van der Waals surface area contributed by atoms with Gasteiger partial charge in [-0.3, -0.25) is 4.90 Å². The highest BCUT2D eigenvalue weighted by atomic mass is 15.2. The van der Waals surface area contributed by atoms with Gasteiger partial charge in [-0.1, -0.05) is 30.8 Å². The van der Waals surface area contributed by atoms with Gasteiger partial charge in [0.1, 0.15) is 5.65 Å². The number of hydrogen-bond donors (Lipinski definition) is 3. The minimum Gasteiger partial charge on any atom is -0.402 e. The van der Waals surface area contributed by atoms with Gasteiger partial charge in [0.25, 0.3) is 0 Å². The van der Waals surface area contributed by atoms with Crippen LogP contribution < -0.4 is 11.1 Å². The van der Waals surface area contributed by atoms with Crippen molar-refractivity contribution in [2.45, 2.75) is 13.5 Å². The third kappa shape index (κ3) is 4.33. The first-order chi connectivity index (χ1) is 14.1. The molecule has 0 amide bonds. The smallest absolute Gasteiger partial charge is 0.138 e. The van der Waals surface area contributed by atoms with Crippen LogP contribution in [0, 0.1) is 0 Å². The van der Waals surface area contributed by atoms with Gasteiger partial charge in [-0.05, 0) is 30.2 Å². The molecule has 3 heterocycles. The Morgan fingerprint density at radius 1 is 1.24 bits per heavy atom. The van der Waals surface area contributed by atoms with Crippen molar-refractivity contribution in [3.8, 4) is 11.1 Å². The Balaban J connectivity index is 1.65. The summed E-state index contributed by atoms with van der Waals surface area (Å²) in [7, 11) is 0. The first-order valence-electron chi connectivity index (χ1n) is 9.98. The number of piperazine rings is 1. The molecule has 1 saturated heterocycles. The molecule has 0 saturated carbocycles. The van der Waals surface area contributed by atoms with Crippen molar-refractivity contribution in [3.05, 3.63) is 71.4 Å². The van der Waals surface area contributed by atoms with E-state index in [1.165, 1.54) is 5.56 Å². The molecule has 1 aliphatic heterocycles. The fourth-order valence-corrected chi connectivity index (χ4v) is 3.80. The van der Waals surface area contributed by atoms with Gasteiger partial charge in [0, 0.05) is 67.2 Å². The zero-order valence-corrected chi connectivity index (χ0v) is 16.8. The second-order valence-electron chi connectivity index (χ2n) is 7.53. The summed E-state index contributed by atoms with van der Waals surface area (Å²) in [5.74, 6) is 0. The van der Waals surface area contributed by atoms with Crippen molar-refractivity contribution in [2.24, 2.45) is 5.73 Å². The Kier molecular flexibility index (Phi) is 5.63. The maximum absolute atomic E-state index is 5.95. The van der Waals surface area contributed by atoms with Crippen LogP contribution in [0.5, 0.6) is 0 Å². The minimum absolute atomic E-state index is 0.743. The molecule has 0 spiro atoms. The number of aromatic nitrogens is 2. The second kappa shape index (κ2) is 8.50. The van der Waals surface area contributed by atoms with Crippen LogP contribution in [0.3, 0.4) is 0 Å². The summed E-state index contributed by atoms with van der Waals surface area (Å²) in [6.07, 6.45) is 5.69. The van der Waals surface area contributed by atoms with E-state index in [1.807, 2.05) is 25.3 Å². The molecule has 29 heavy (non-hydrogen) atoms. The Morgan fingerprint density at radius 2 is 2.00 bits per heavy atom. The number of benzene rings is 1. The third-order valence-electron chi connectivity index (χ3n) is 5.24. The molecule has 0 bridgehead atoms. The third-order valence-corrected chi connectivity index (χ3v) is 5.24. The highest BCUT2D eigenvalue weighted by Crippen LogP contribution is 2.29. The highest BCUT2D eigenvalue weighted by Gasteiger charge is 2.12. The molecule has 1 fully saturated rings. The van der Waals surface area contributed by atoms with Gasteiger partial charge in [-0.15, -0.1) is 5.73 Å². The van der Waals surface area contributed by atoms with E-state index in [2.05, 4.69) is 62.8 Å². The number of rotatable bonds is 5. The molecule has 0 radical (unpaired) electrons. The van der Waals surface area contributed by atoms with Crippen LogP contribution in [0.1, 0.15) is 23.7 Å². The van der Waals surface area contributed by atoms with Crippen LogP contribution in [-0.4, -0.2) is 41.0 Å². The summed E-state index contributed by atoms with van der Waals surface area (Å²) in [6.45, 7) is 10.9. The SMILES string of the molecule is C=C=Cc1[nH]c2ncc(-c3ccc(CN4CCNCC4)cc3)cc2c1/C=C(\C)N. The first kappa shape index (κ1) is 19.2. The van der Waals surface area contributed by atoms with E-state index in [-0.39, 0.29) is 0 Å². The van der Waals surface area contributed by atoms with Crippen LogP contribution in [-0.2, 0) is 6.54 Å². The maximum Gasteiger partial charge on any atom is 0.138 e. The number of nitrogens with one attached hydrogen (secondary N) is 2. The number of allylic oxidation sites excluding steroid dienone is 1. The Morgan fingerprint density at radius 3 is 2.69 bits per heavy atom. The number of pyridine rings is 1. The van der Waals surface area contributed by atoms with Crippen molar-refractivity contribution >= 4 is 23.2 Å². The standard InChI is InChI=1S/C24H27N5/c1-3-4-23-21(13-17(2)25)22-14-20(15-27-24(22)28-23)19-7-5-18(6-8-19)16-29-11-9-26-10-12-29/h4-8,13-15,26H,1,9-12,16,25H2,2H3,(H,27,28)/b17-13+.